The molecule has 0 aromatic heterocycles. The van der Waals surface area contributed by atoms with Gasteiger partial charge in [0.05, 0.1) is 5.69 Å². The first-order valence-electron chi connectivity index (χ1n) is 6.43. The molecule has 1 nitrogen and oxygen atoms in total. The highest BCUT2D eigenvalue weighted by atomic mass is 14.7. The highest BCUT2D eigenvalue weighted by molar-refractivity contribution is 6.03. The topological polar surface area (TPSA) is 12.4 Å². The van der Waals surface area contributed by atoms with Gasteiger partial charge in [-0.2, -0.15) is 0 Å². The fraction of sp³-hybridized carbons (Fsp3) is 0.0556. The summed E-state index contributed by atoms with van der Waals surface area (Å²) in [7, 11) is 0. The zero-order valence-electron chi connectivity index (χ0n) is 10.9. The van der Waals surface area contributed by atoms with Crippen molar-refractivity contribution in [3.8, 4) is 0 Å². The van der Waals surface area contributed by atoms with Gasteiger partial charge in [0.15, 0.2) is 0 Å². The Hall–Kier alpha value is -2.41. The molecule has 0 unspecified atom stereocenters. The van der Waals surface area contributed by atoms with Crippen LogP contribution in [0.1, 0.15) is 12.5 Å². The smallest absolute Gasteiger partial charge is 0.0711 e. The van der Waals surface area contributed by atoms with E-state index in [1.165, 1.54) is 10.8 Å². The molecular weight excluding hydrogens is 230 g/mol. The highest BCUT2D eigenvalue weighted by Crippen LogP contribution is 2.26. The minimum Gasteiger partial charge on any atom is -0.252 e. The van der Waals surface area contributed by atoms with Crippen LogP contribution in [0.15, 0.2) is 77.8 Å². The summed E-state index contributed by atoms with van der Waals surface area (Å²) in [6.07, 6.45) is 0. The molecule has 0 atom stereocenters. The fourth-order valence-corrected chi connectivity index (χ4v) is 2.23. The SMILES string of the molecule is CC(=Nc1cccc2ccccc12)c1ccccc1. The van der Waals surface area contributed by atoms with Crippen LogP contribution in [0.2, 0.25) is 0 Å². The second-order valence-electron chi connectivity index (χ2n) is 4.56. The van der Waals surface area contributed by atoms with Crippen molar-refractivity contribution in [2.75, 3.05) is 0 Å². The molecule has 0 saturated heterocycles. The van der Waals surface area contributed by atoms with Crippen molar-refractivity contribution in [2.45, 2.75) is 6.92 Å². The van der Waals surface area contributed by atoms with Crippen molar-refractivity contribution in [1.82, 2.24) is 0 Å². The van der Waals surface area contributed by atoms with Crippen molar-refractivity contribution in [2.24, 2.45) is 4.99 Å². The Morgan fingerprint density at radius 3 is 2.26 bits per heavy atom. The van der Waals surface area contributed by atoms with Gasteiger partial charge in [-0.15, -0.1) is 0 Å². The van der Waals surface area contributed by atoms with Crippen LogP contribution >= 0.6 is 0 Å². The average Bonchev–Trinajstić information content (AvgIpc) is 2.48. The molecule has 3 aromatic carbocycles. The summed E-state index contributed by atoms with van der Waals surface area (Å²) in [4.78, 5) is 4.77. The van der Waals surface area contributed by atoms with Gasteiger partial charge < -0.3 is 0 Å². The molecule has 19 heavy (non-hydrogen) atoms. The summed E-state index contributed by atoms with van der Waals surface area (Å²) < 4.78 is 0. The standard InChI is InChI=1S/C18H15N/c1-14(15-8-3-2-4-9-15)19-18-13-7-11-16-10-5-6-12-17(16)18/h2-13H,1H3. The number of nitrogens with zero attached hydrogens (tertiary/aromatic N) is 1. The van der Waals surface area contributed by atoms with Crippen molar-refractivity contribution >= 4 is 22.2 Å². The summed E-state index contributed by atoms with van der Waals surface area (Å²) in [5.74, 6) is 0. The van der Waals surface area contributed by atoms with E-state index in [4.69, 9.17) is 4.99 Å². The number of hydrogen-bond acceptors (Lipinski definition) is 1. The Morgan fingerprint density at radius 1 is 0.737 bits per heavy atom. The van der Waals surface area contributed by atoms with Gasteiger partial charge in [0, 0.05) is 11.1 Å². The molecule has 0 aliphatic heterocycles. The second kappa shape index (κ2) is 5.07. The Morgan fingerprint density at radius 2 is 1.42 bits per heavy atom. The van der Waals surface area contributed by atoms with Crippen LogP contribution < -0.4 is 0 Å². The molecule has 0 radical (unpaired) electrons. The molecule has 0 saturated carbocycles. The molecule has 3 rings (SSSR count). The van der Waals surface area contributed by atoms with Gasteiger partial charge in [0.1, 0.15) is 0 Å². The zero-order chi connectivity index (χ0) is 13.1. The average molecular weight is 245 g/mol. The number of fused-ring (bicyclic) bond motifs is 1. The van der Waals surface area contributed by atoms with Crippen molar-refractivity contribution in [3.05, 3.63) is 78.4 Å². The largest absolute Gasteiger partial charge is 0.252 e. The fourth-order valence-electron chi connectivity index (χ4n) is 2.23. The Balaban J connectivity index is 2.11. The first-order chi connectivity index (χ1) is 9.34. The van der Waals surface area contributed by atoms with Crippen molar-refractivity contribution in [3.63, 3.8) is 0 Å². The summed E-state index contributed by atoms with van der Waals surface area (Å²) in [6, 6.07) is 24.9. The van der Waals surface area contributed by atoms with Crippen LogP contribution in [0.4, 0.5) is 5.69 Å². The minimum absolute atomic E-state index is 1.03. The van der Waals surface area contributed by atoms with Crippen LogP contribution in [-0.4, -0.2) is 5.71 Å². The molecule has 0 amide bonds. The highest BCUT2D eigenvalue weighted by Gasteiger charge is 2.00. The normalized spacial score (nSPS) is 11.7. The lowest BCUT2D eigenvalue weighted by atomic mass is 10.1. The number of hydrogen-bond donors (Lipinski definition) is 0. The molecule has 92 valence electrons. The van der Waals surface area contributed by atoms with Crippen molar-refractivity contribution < 1.29 is 0 Å². The Bertz CT molecular complexity index is 722. The quantitative estimate of drug-likeness (QED) is 0.564. The first kappa shape index (κ1) is 11.7. The predicted molar refractivity (Wildman–Crippen MR) is 82.3 cm³/mol. The predicted octanol–water partition coefficient (Wildman–Crippen LogP) is 4.98. The lowest BCUT2D eigenvalue weighted by Gasteiger charge is -2.04. The monoisotopic (exact) mass is 245 g/mol. The van der Waals surface area contributed by atoms with Crippen LogP contribution in [0.3, 0.4) is 0 Å². The first-order valence-corrected chi connectivity index (χ1v) is 6.43. The second-order valence-corrected chi connectivity index (χ2v) is 4.56. The lowest BCUT2D eigenvalue weighted by Crippen LogP contribution is -1.92. The molecule has 1 heteroatoms. The number of benzene rings is 3. The number of rotatable bonds is 2. The van der Waals surface area contributed by atoms with Crippen LogP contribution in [0.25, 0.3) is 10.8 Å². The van der Waals surface area contributed by atoms with Gasteiger partial charge in [0.25, 0.3) is 0 Å². The van der Waals surface area contributed by atoms with Gasteiger partial charge in [-0.3, -0.25) is 4.99 Å². The maximum atomic E-state index is 4.77. The molecule has 0 bridgehead atoms. The third-order valence-corrected chi connectivity index (χ3v) is 3.25. The van der Waals surface area contributed by atoms with Crippen LogP contribution in [-0.2, 0) is 0 Å². The van der Waals surface area contributed by atoms with Gasteiger partial charge >= 0.3 is 0 Å². The summed E-state index contributed by atoms with van der Waals surface area (Å²) >= 11 is 0. The van der Waals surface area contributed by atoms with Gasteiger partial charge in [-0.25, -0.2) is 0 Å². The zero-order valence-corrected chi connectivity index (χ0v) is 10.9. The van der Waals surface area contributed by atoms with E-state index in [0.29, 0.717) is 0 Å². The maximum absolute atomic E-state index is 4.77. The minimum atomic E-state index is 1.03. The van der Waals surface area contributed by atoms with Crippen LogP contribution in [0.5, 0.6) is 0 Å². The summed E-state index contributed by atoms with van der Waals surface area (Å²) in [6.45, 7) is 2.05. The molecule has 0 aliphatic rings. The molecular formula is C18H15N. The van der Waals surface area contributed by atoms with Gasteiger partial charge in [0.2, 0.25) is 0 Å². The van der Waals surface area contributed by atoms with Crippen LogP contribution in [0, 0.1) is 0 Å². The van der Waals surface area contributed by atoms with Gasteiger partial charge in [-0.05, 0) is 23.9 Å². The Kier molecular flexibility index (Phi) is 3.11. The molecule has 0 heterocycles. The third-order valence-electron chi connectivity index (χ3n) is 3.25. The van der Waals surface area contributed by atoms with E-state index in [1.807, 2.05) is 18.2 Å². The van der Waals surface area contributed by atoms with E-state index in [2.05, 4.69) is 61.5 Å². The Labute approximate surface area is 113 Å². The molecule has 0 N–H and O–H groups in total. The molecule has 0 aliphatic carbocycles. The summed E-state index contributed by atoms with van der Waals surface area (Å²) in [5.41, 5.74) is 3.23. The van der Waals surface area contributed by atoms with E-state index < -0.39 is 0 Å². The summed E-state index contributed by atoms with van der Waals surface area (Å²) in [5, 5.41) is 2.42. The third kappa shape index (κ3) is 2.41. The van der Waals surface area contributed by atoms with E-state index in [0.717, 1.165) is 17.0 Å². The van der Waals surface area contributed by atoms with E-state index in [9.17, 15) is 0 Å². The van der Waals surface area contributed by atoms with E-state index >= 15 is 0 Å². The number of aliphatic imine (C=N–C) groups is 1. The van der Waals surface area contributed by atoms with Crippen molar-refractivity contribution in [1.29, 1.82) is 0 Å². The molecule has 3 aromatic rings. The maximum Gasteiger partial charge on any atom is 0.0711 e. The molecule has 0 fully saturated rings. The lowest BCUT2D eigenvalue weighted by molar-refractivity contribution is 1.50. The van der Waals surface area contributed by atoms with Gasteiger partial charge in [-0.1, -0.05) is 66.7 Å². The van der Waals surface area contributed by atoms with E-state index in [-0.39, 0.29) is 0 Å². The molecule has 0 spiro atoms. The van der Waals surface area contributed by atoms with E-state index in [1.54, 1.807) is 0 Å².